The van der Waals surface area contributed by atoms with Gasteiger partial charge in [-0.1, -0.05) is 48.5 Å². The third kappa shape index (κ3) is 6.28. The highest BCUT2D eigenvalue weighted by Gasteiger charge is 2.31. The minimum absolute atomic E-state index is 0.0361. The van der Waals surface area contributed by atoms with Gasteiger partial charge in [0, 0.05) is 27.4 Å². The number of aryl methyl sites for hydroxylation is 1. The van der Waals surface area contributed by atoms with E-state index in [-0.39, 0.29) is 18.4 Å². The Hall–Kier alpha value is -2.92. The van der Waals surface area contributed by atoms with E-state index in [1.54, 1.807) is 28.4 Å². The largest absolute Gasteiger partial charge is 0.332 e. The van der Waals surface area contributed by atoms with Crippen molar-refractivity contribution in [1.82, 2.24) is 9.80 Å². The zero-order chi connectivity index (χ0) is 22.4. The van der Waals surface area contributed by atoms with Crippen molar-refractivity contribution in [3.05, 3.63) is 93.7 Å². The molecule has 0 N–H and O–H groups in total. The molecule has 3 rings (SSSR count). The predicted molar refractivity (Wildman–Crippen MR) is 127 cm³/mol. The molecule has 1 heterocycles. The normalized spacial score (nSPS) is 11.2. The highest BCUT2D eigenvalue weighted by molar-refractivity contribution is 7.11. The second-order valence-electron chi connectivity index (χ2n) is 8.68. The Labute approximate surface area is 189 Å². The van der Waals surface area contributed by atoms with Crippen LogP contribution in [-0.4, -0.2) is 33.7 Å². The van der Waals surface area contributed by atoms with Crippen molar-refractivity contribution in [3.8, 4) is 0 Å². The van der Waals surface area contributed by atoms with E-state index in [4.69, 9.17) is 0 Å². The van der Waals surface area contributed by atoms with Gasteiger partial charge >= 0.3 is 0 Å². The lowest BCUT2D eigenvalue weighted by Gasteiger charge is -2.37. The number of carbonyl (C=O) groups excluding carboxylic acids is 2. The summed E-state index contributed by atoms with van der Waals surface area (Å²) in [7, 11) is 0. The van der Waals surface area contributed by atoms with E-state index in [1.807, 2.05) is 74.2 Å². The monoisotopic (exact) mass is 434 g/mol. The van der Waals surface area contributed by atoms with Gasteiger partial charge in [0.1, 0.15) is 6.54 Å². The topological polar surface area (TPSA) is 40.6 Å². The number of thiophene rings is 1. The van der Waals surface area contributed by atoms with Gasteiger partial charge in [-0.25, -0.2) is 0 Å². The molecule has 2 amide bonds. The number of nitrogens with zero attached hydrogens (tertiary/aromatic N) is 2. The van der Waals surface area contributed by atoms with Gasteiger partial charge in [0.25, 0.3) is 5.91 Å². The van der Waals surface area contributed by atoms with Crippen molar-refractivity contribution in [2.75, 3.05) is 6.54 Å². The van der Waals surface area contributed by atoms with Crippen LogP contribution in [0.5, 0.6) is 0 Å². The Morgan fingerprint density at radius 1 is 0.839 bits per heavy atom. The molecular formula is C26H30N2O2S. The van der Waals surface area contributed by atoms with Crippen LogP contribution in [0.25, 0.3) is 0 Å². The number of carbonyl (C=O) groups is 2. The van der Waals surface area contributed by atoms with E-state index in [1.165, 1.54) is 4.88 Å². The lowest BCUT2D eigenvalue weighted by Crippen LogP contribution is -2.51. The molecule has 0 bridgehead atoms. The predicted octanol–water partition coefficient (Wildman–Crippen LogP) is 5.53. The van der Waals surface area contributed by atoms with E-state index in [2.05, 4.69) is 19.1 Å². The lowest BCUT2D eigenvalue weighted by atomic mass is 10.0. The van der Waals surface area contributed by atoms with Gasteiger partial charge in [0.15, 0.2) is 0 Å². The molecule has 0 aliphatic heterocycles. The lowest BCUT2D eigenvalue weighted by molar-refractivity contribution is -0.134. The van der Waals surface area contributed by atoms with E-state index < -0.39 is 5.54 Å². The summed E-state index contributed by atoms with van der Waals surface area (Å²) in [6.07, 6.45) is 0. The number of rotatable bonds is 7. The molecule has 0 unspecified atom stereocenters. The quantitative estimate of drug-likeness (QED) is 0.491. The molecular weight excluding hydrogens is 404 g/mol. The van der Waals surface area contributed by atoms with Crippen molar-refractivity contribution < 1.29 is 9.59 Å². The Morgan fingerprint density at radius 3 is 2.00 bits per heavy atom. The number of benzene rings is 2. The average molecular weight is 435 g/mol. The Kier molecular flexibility index (Phi) is 7.29. The van der Waals surface area contributed by atoms with Gasteiger partial charge in [-0.2, -0.15) is 0 Å². The molecule has 31 heavy (non-hydrogen) atoms. The highest BCUT2D eigenvalue weighted by Crippen LogP contribution is 2.21. The number of hydrogen-bond acceptors (Lipinski definition) is 3. The minimum Gasteiger partial charge on any atom is -0.332 e. The van der Waals surface area contributed by atoms with Crippen molar-refractivity contribution in [3.63, 3.8) is 0 Å². The molecule has 162 valence electrons. The van der Waals surface area contributed by atoms with Crippen LogP contribution in [0.15, 0.2) is 72.8 Å². The van der Waals surface area contributed by atoms with E-state index >= 15 is 0 Å². The third-order valence-corrected chi connectivity index (χ3v) is 6.07. The maximum atomic E-state index is 13.5. The summed E-state index contributed by atoms with van der Waals surface area (Å²) in [5.74, 6) is -0.192. The van der Waals surface area contributed by atoms with E-state index in [0.29, 0.717) is 18.7 Å². The van der Waals surface area contributed by atoms with Gasteiger partial charge in [-0.3, -0.25) is 9.59 Å². The zero-order valence-electron chi connectivity index (χ0n) is 18.7. The first kappa shape index (κ1) is 22.8. The summed E-state index contributed by atoms with van der Waals surface area (Å²) in [6.45, 7) is 9.03. The fourth-order valence-corrected chi connectivity index (χ4v) is 4.29. The Bertz CT molecular complexity index is 1010. The van der Waals surface area contributed by atoms with Crippen LogP contribution in [-0.2, 0) is 17.9 Å². The fraction of sp³-hybridized carbons (Fsp3) is 0.308. The van der Waals surface area contributed by atoms with Gasteiger partial charge < -0.3 is 9.80 Å². The highest BCUT2D eigenvalue weighted by atomic mass is 32.1. The summed E-state index contributed by atoms with van der Waals surface area (Å²) in [4.78, 5) is 32.6. The molecule has 5 heteroatoms. The van der Waals surface area contributed by atoms with Crippen LogP contribution in [0, 0.1) is 6.92 Å². The number of hydrogen-bond donors (Lipinski definition) is 0. The maximum absolute atomic E-state index is 13.5. The molecule has 0 aliphatic rings. The average Bonchev–Trinajstić information content (AvgIpc) is 3.16. The van der Waals surface area contributed by atoms with E-state index in [0.717, 1.165) is 10.4 Å². The van der Waals surface area contributed by atoms with Crippen molar-refractivity contribution in [2.45, 2.75) is 46.3 Å². The van der Waals surface area contributed by atoms with Crippen LogP contribution in [0.4, 0.5) is 0 Å². The van der Waals surface area contributed by atoms with Gasteiger partial charge in [-0.05, 0) is 57.5 Å². The molecule has 2 aromatic carbocycles. The van der Waals surface area contributed by atoms with Crippen LogP contribution in [0.1, 0.15) is 46.4 Å². The second-order valence-corrected chi connectivity index (χ2v) is 10.0. The first-order chi connectivity index (χ1) is 14.7. The molecule has 0 radical (unpaired) electrons. The number of amides is 2. The van der Waals surface area contributed by atoms with Crippen LogP contribution < -0.4 is 0 Å². The summed E-state index contributed by atoms with van der Waals surface area (Å²) in [6, 6.07) is 23.3. The molecule has 0 fully saturated rings. The molecule has 3 aromatic rings. The van der Waals surface area contributed by atoms with Gasteiger partial charge in [0.2, 0.25) is 5.91 Å². The van der Waals surface area contributed by atoms with Gasteiger partial charge in [0.05, 0.1) is 6.54 Å². The summed E-state index contributed by atoms with van der Waals surface area (Å²) in [5, 5.41) is 0. The maximum Gasteiger partial charge on any atom is 0.254 e. The Balaban J connectivity index is 1.84. The second kappa shape index (κ2) is 9.92. The Morgan fingerprint density at radius 2 is 1.45 bits per heavy atom. The molecule has 0 spiro atoms. The van der Waals surface area contributed by atoms with Crippen LogP contribution in [0.2, 0.25) is 0 Å². The molecule has 1 aromatic heterocycles. The molecule has 0 atom stereocenters. The molecule has 0 saturated carbocycles. The van der Waals surface area contributed by atoms with Gasteiger partial charge in [-0.15, -0.1) is 11.3 Å². The van der Waals surface area contributed by atoms with Crippen LogP contribution in [0.3, 0.4) is 0 Å². The first-order valence-electron chi connectivity index (χ1n) is 10.5. The van der Waals surface area contributed by atoms with E-state index in [9.17, 15) is 9.59 Å². The molecule has 4 nitrogen and oxygen atoms in total. The van der Waals surface area contributed by atoms with Crippen LogP contribution >= 0.6 is 11.3 Å². The summed E-state index contributed by atoms with van der Waals surface area (Å²) in [5.41, 5.74) is 1.18. The van der Waals surface area contributed by atoms with Crippen molar-refractivity contribution in [2.24, 2.45) is 0 Å². The molecule has 0 aliphatic carbocycles. The SMILES string of the molecule is Cc1ccc(CN(Cc2ccccc2)C(=O)CN(C(=O)c2ccccc2)C(C)(C)C)s1. The van der Waals surface area contributed by atoms with Crippen molar-refractivity contribution in [1.29, 1.82) is 0 Å². The molecule has 0 saturated heterocycles. The standard InChI is InChI=1S/C26H30N2O2S/c1-20-15-16-23(31-20)18-27(17-21-11-7-5-8-12-21)24(29)19-28(26(2,3)4)25(30)22-13-9-6-10-14-22/h5-16H,17-19H2,1-4H3. The first-order valence-corrected chi connectivity index (χ1v) is 11.3. The summed E-state index contributed by atoms with van der Waals surface area (Å²) >= 11 is 1.70. The summed E-state index contributed by atoms with van der Waals surface area (Å²) < 4.78 is 0. The minimum atomic E-state index is -0.486. The fourth-order valence-electron chi connectivity index (χ4n) is 3.38. The van der Waals surface area contributed by atoms with Crippen molar-refractivity contribution >= 4 is 23.2 Å². The smallest absolute Gasteiger partial charge is 0.254 e. The third-order valence-electron chi connectivity index (χ3n) is 5.08. The zero-order valence-corrected chi connectivity index (χ0v) is 19.5.